The molecule has 0 N–H and O–H groups in total. The van der Waals surface area contributed by atoms with Crippen molar-refractivity contribution in [3.63, 3.8) is 0 Å². The second-order valence-corrected chi connectivity index (χ2v) is 1.71. The minimum absolute atomic E-state index is 0. The zero-order valence-corrected chi connectivity index (χ0v) is 8.43. The molecule has 0 radical (unpaired) electrons. The molecule has 0 rings (SSSR count). The van der Waals surface area contributed by atoms with Gasteiger partial charge in [-0.15, -0.1) is 0 Å². The summed E-state index contributed by atoms with van der Waals surface area (Å²) >= 11 is 0. The summed E-state index contributed by atoms with van der Waals surface area (Å²) in [6.45, 7) is 12.1. The van der Waals surface area contributed by atoms with Gasteiger partial charge in [0.15, 0.2) is 0 Å². The maximum atomic E-state index is 3.97. The zero-order chi connectivity index (χ0) is 8.24. The van der Waals surface area contributed by atoms with Crippen LogP contribution < -0.4 is 0 Å². The molecule has 0 aromatic rings. The normalized spacial score (nSPS) is 7.64. The molecule has 0 aliphatic carbocycles. The molecule has 2 nitrogen and oxygen atoms in total. The molecule has 0 atom stereocenters. The van der Waals surface area contributed by atoms with E-state index in [1.54, 1.807) is 0 Å². The van der Waals surface area contributed by atoms with Gasteiger partial charge in [-0.1, -0.05) is 27.7 Å². The zero-order valence-electron chi connectivity index (χ0n) is 8.43. The van der Waals surface area contributed by atoms with E-state index < -0.39 is 0 Å². The standard InChI is InChI=1S/2C4H10N.Be/c2*1-3-5-4-2;/h2*3-4H2,1-2H3;/q2*-1;+2. The van der Waals surface area contributed by atoms with E-state index in [-0.39, 0.29) is 10.1 Å². The Morgan fingerprint density at radius 1 is 0.636 bits per heavy atom. The van der Waals surface area contributed by atoms with E-state index >= 15 is 0 Å². The van der Waals surface area contributed by atoms with Gasteiger partial charge in [0.25, 0.3) is 0 Å². The number of nitrogens with zero attached hydrogens (tertiary/aromatic N) is 2. The third-order valence-electron chi connectivity index (χ3n) is 0.894. The van der Waals surface area contributed by atoms with Gasteiger partial charge in [-0.25, -0.2) is 0 Å². The SMILES string of the molecule is CC[N-]CC.CC[N-]CC.[Be+2]. The molecule has 0 aromatic heterocycles. The van der Waals surface area contributed by atoms with Crippen molar-refractivity contribution < 1.29 is 0 Å². The predicted molar refractivity (Wildman–Crippen MR) is 54.6 cm³/mol. The van der Waals surface area contributed by atoms with Crippen molar-refractivity contribution in [2.24, 2.45) is 0 Å². The fraction of sp³-hybridized carbons (Fsp3) is 1.00. The smallest absolute Gasteiger partial charge is 0.663 e. The Balaban J connectivity index is -0.000000107. The minimum Gasteiger partial charge on any atom is -0.663 e. The molecule has 0 aliphatic rings. The van der Waals surface area contributed by atoms with Gasteiger partial charge in [-0.3, -0.25) is 0 Å². The molecule has 3 heteroatoms. The predicted octanol–water partition coefficient (Wildman–Crippen LogP) is 2.42. The average Bonchev–Trinajstić information content (AvgIpc) is 1.93. The van der Waals surface area contributed by atoms with Gasteiger partial charge in [0.2, 0.25) is 0 Å². The van der Waals surface area contributed by atoms with Gasteiger partial charge < -0.3 is 10.6 Å². The van der Waals surface area contributed by atoms with Gasteiger partial charge >= 0.3 is 10.1 Å². The molecule has 0 amide bonds. The van der Waals surface area contributed by atoms with Crippen LogP contribution in [0.1, 0.15) is 27.7 Å². The van der Waals surface area contributed by atoms with Gasteiger partial charge in [-0.2, -0.15) is 26.2 Å². The molecular formula is C8H20BeN2. The summed E-state index contributed by atoms with van der Waals surface area (Å²) in [6.07, 6.45) is 0. The number of rotatable bonds is 4. The van der Waals surface area contributed by atoms with Gasteiger partial charge in [0.05, 0.1) is 0 Å². The third kappa shape index (κ3) is 39.5. The van der Waals surface area contributed by atoms with Crippen LogP contribution >= 0.6 is 0 Å². The van der Waals surface area contributed by atoms with Crippen LogP contribution in [0, 0.1) is 0 Å². The monoisotopic (exact) mass is 153 g/mol. The first kappa shape index (κ1) is 17.3. The first-order chi connectivity index (χ1) is 4.83. The van der Waals surface area contributed by atoms with Crippen molar-refractivity contribution in [1.82, 2.24) is 0 Å². The van der Waals surface area contributed by atoms with E-state index in [0.29, 0.717) is 0 Å². The van der Waals surface area contributed by atoms with Crippen molar-refractivity contribution in [3.05, 3.63) is 10.6 Å². The Kier molecular flexibility index (Phi) is 35.3. The third-order valence-corrected chi connectivity index (χ3v) is 0.894. The summed E-state index contributed by atoms with van der Waals surface area (Å²) in [6, 6.07) is 0. The molecule has 0 saturated heterocycles. The van der Waals surface area contributed by atoms with Gasteiger partial charge in [0.1, 0.15) is 0 Å². The Bertz CT molecular complexity index is 33.1. The summed E-state index contributed by atoms with van der Waals surface area (Å²) in [7, 11) is 0. The van der Waals surface area contributed by atoms with Crippen molar-refractivity contribution in [1.29, 1.82) is 0 Å². The van der Waals surface area contributed by atoms with Crippen molar-refractivity contribution in [3.8, 4) is 0 Å². The summed E-state index contributed by atoms with van der Waals surface area (Å²) in [5.41, 5.74) is 0. The molecule has 0 saturated carbocycles. The minimum atomic E-state index is 0. The van der Waals surface area contributed by atoms with Crippen LogP contribution in [0.25, 0.3) is 10.6 Å². The molecule has 0 aromatic carbocycles. The van der Waals surface area contributed by atoms with Crippen LogP contribution in [0.15, 0.2) is 0 Å². The Morgan fingerprint density at radius 3 is 0.818 bits per heavy atom. The second kappa shape index (κ2) is 22.5. The van der Waals surface area contributed by atoms with E-state index in [0.717, 1.165) is 26.2 Å². The van der Waals surface area contributed by atoms with E-state index in [1.165, 1.54) is 0 Å². The van der Waals surface area contributed by atoms with E-state index in [4.69, 9.17) is 0 Å². The largest absolute Gasteiger partial charge is 2.00 e. The van der Waals surface area contributed by atoms with Crippen molar-refractivity contribution in [2.75, 3.05) is 26.2 Å². The van der Waals surface area contributed by atoms with Crippen LogP contribution in [-0.2, 0) is 0 Å². The summed E-state index contributed by atoms with van der Waals surface area (Å²) in [5.74, 6) is 0. The molecule has 0 bridgehead atoms. The van der Waals surface area contributed by atoms with Crippen LogP contribution in [0.3, 0.4) is 0 Å². The average molecular weight is 153 g/mol. The molecule has 0 spiro atoms. The first-order valence-electron chi connectivity index (χ1n) is 4.09. The second-order valence-electron chi connectivity index (χ2n) is 1.71. The molecule has 64 valence electrons. The maximum absolute atomic E-state index is 3.97. The van der Waals surface area contributed by atoms with Crippen LogP contribution in [-0.4, -0.2) is 36.3 Å². The van der Waals surface area contributed by atoms with E-state index in [2.05, 4.69) is 10.6 Å². The van der Waals surface area contributed by atoms with E-state index in [1.807, 2.05) is 27.7 Å². The number of hydrogen-bond acceptors (Lipinski definition) is 0. The molecule has 11 heavy (non-hydrogen) atoms. The van der Waals surface area contributed by atoms with E-state index in [9.17, 15) is 0 Å². The maximum Gasteiger partial charge on any atom is 2.00 e. The Morgan fingerprint density at radius 2 is 0.818 bits per heavy atom. The Labute approximate surface area is 75.4 Å². The van der Waals surface area contributed by atoms with Crippen LogP contribution in [0.5, 0.6) is 0 Å². The molecule has 0 aliphatic heterocycles. The molecular weight excluding hydrogens is 133 g/mol. The molecule has 0 unspecified atom stereocenters. The molecule has 0 heterocycles. The van der Waals surface area contributed by atoms with Crippen LogP contribution in [0.2, 0.25) is 0 Å². The fourth-order valence-electron chi connectivity index (χ4n) is 0.447. The van der Waals surface area contributed by atoms with Crippen molar-refractivity contribution in [2.45, 2.75) is 27.7 Å². The molecule has 0 fully saturated rings. The fourth-order valence-corrected chi connectivity index (χ4v) is 0.447. The van der Waals surface area contributed by atoms with Crippen molar-refractivity contribution >= 4 is 10.1 Å². The first-order valence-corrected chi connectivity index (χ1v) is 4.09. The topological polar surface area (TPSA) is 28.2 Å². The summed E-state index contributed by atoms with van der Waals surface area (Å²) in [4.78, 5) is 0. The van der Waals surface area contributed by atoms with Crippen LogP contribution in [0.4, 0.5) is 0 Å². The Hall–Kier alpha value is 0.0888. The quantitative estimate of drug-likeness (QED) is 0.555. The summed E-state index contributed by atoms with van der Waals surface area (Å²) in [5, 5.41) is 7.94. The van der Waals surface area contributed by atoms with Gasteiger partial charge in [-0.05, 0) is 0 Å². The summed E-state index contributed by atoms with van der Waals surface area (Å²) < 4.78 is 0. The number of hydrogen-bond donors (Lipinski definition) is 0. The van der Waals surface area contributed by atoms with Gasteiger partial charge in [0, 0.05) is 0 Å².